The van der Waals surface area contributed by atoms with Gasteiger partial charge < -0.3 is 4.84 Å². The Morgan fingerprint density at radius 1 is 0.923 bits per heavy atom. The fourth-order valence-electron chi connectivity index (χ4n) is 2.72. The number of aromatic nitrogens is 2. The molecule has 0 saturated heterocycles. The van der Waals surface area contributed by atoms with Crippen molar-refractivity contribution in [2.75, 3.05) is 0 Å². The highest BCUT2D eigenvalue weighted by atomic mass is 16.7. The van der Waals surface area contributed by atoms with Gasteiger partial charge in [0.2, 0.25) is 0 Å². The molecular formula is C19H13N3O4. The monoisotopic (exact) mass is 347 g/mol. The van der Waals surface area contributed by atoms with Gasteiger partial charge in [0.1, 0.15) is 0 Å². The van der Waals surface area contributed by atoms with E-state index in [9.17, 15) is 14.4 Å². The van der Waals surface area contributed by atoms with Crippen LogP contribution in [0.2, 0.25) is 0 Å². The largest absolute Gasteiger partial charge is 0.337 e. The van der Waals surface area contributed by atoms with Crippen molar-refractivity contribution in [2.45, 2.75) is 6.42 Å². The second-order valence-corrected chi connectivity index (χ2v) is 5.72. The Kier molecular flexibility index (Phi) is 3.81. The van der Waals surface area contributed by atoms with Gasteiger partial charge in [-0.3, -0.25) is 9.59 Å². The summed E-state index contributed by atoms with van der Waals surface area (Å²) in [5.41, 5.74) is 1.91. The molecule has 0 saturated carbocycles. The molecule has 0 fully saturated rings. The summed E-state index contributed by atoms with van der Waals surface area (Å²) in [5.74, 6) is -2.00. The minimum Gasteiger partial charge on any atom is -0.329 e. The highest BCUT2D eigenvalue weighted by Crippen LogP contribution is 2.23. The van der Waals surface area contributed by atoms with E-state index >= 15 is 0 Å². The summed E-state index contributed by atoms with van der Waals surface area (Å²) >= 11 is 0. The topological polar surface area (TPSA) is 81.5 Å². The van der Waals surface area contributed by atoms with Gasteiger partial charge in [0.25, 0.3) is 11.8 Å². The first-order valence-electron chi connectivity index (χ1n) is 7.91. The van der Waals surface area contributed by atoms with Gasteiger partial charge >= 0.3 is 5.97 Å². The predicted molar refractivity (Wildman–Crippen MR) is 90.3 cm³/mol. The predicted octanol–water partition coefficient (Wildman–Crippen LogP) is 2.17. The fourth-order valence-corrected chi connectivity index (χ4v) is 2.72. The van der Waals surface area contributed by atoms with Crippen LogP contribution in [0.1, 0.15) is 26.3 Å². The third-order valence-corrected chi connectivity index (χ3v) is 3.96. The van der Waals surface area contributed by atoms with Gasteiger partial charge in [-0.15, -0.1) is 0 Å². The van der Waals surface area contributed by atoms with Gasteiger partial charge in [0, 0.05) is 11.8 Å². The van der Waals surface area contributed by atoms with E-state index in [-0.39, 0.29) is 17.5 Å². The van der Waals surface area contributed by atoms with Crippen molar-refractivity contribution >= 4 is 17.8 Å². The number of nitrogens with zero attached hydrogens (tertiary/aromatic N) is 3. The third-order valence-electron chi connectivity index (χ3n) is 3.96. The normalized spacial score (nSPS) is 13.0. The number of benzene rings is 2. The zero-order valence-electron chi connectivity index (χ0n) is 13.5. The average Bonchev–Trinajstić information content (AvgIpc) is 3.22. The number of hydrogen-bond donors (Lipinski definition) is 0. The maximum atomic E-state index is 12.2. The Balaban J connectivity index is 1.45. The number of imide groups is 1. The molecule has 1 aromatic heterocycles. The molecule has 0 spiro atoms. The van der Waals surface area contributed by atoms with Gasteiger partial charge in [-0.25, -0.2) is 9.48 Å². The van der Waals surface area contributed by atoms with E-state index in [1.807, 2.05) is 30.3 Å². The fraction of sp³-hybridized carbons (Fsp3) is 0.0526. The van der Waals surface area contributed by atoms with E-state index in [4.69, 9.17) is 4.84 Å². The number of rotatable bonds is 4. The zero-order valence-corrected chi connectivity index (χ0v) is 13.5. The minimum absolute atomic E-state index is 0.111. The molecule has 3 aromatic rings. The van der Waals surface area contributed by atoms with E-state index in [2.05, 4.69) is 5.10 Å². The first-order chi connectivity index (χ1) is 12.6. The molecule has 7 nitrogen and oxygen atoms in total. The Labute approximate surface area is 148 Å². The number of hydroxylamine groups is 2. The van der Waals surface area contributed by atoms with E-state index < -0.39 is 17.8 Å². The molecule has 0 bridgehead atoms. The smallest absolute Gasteiger partial charge is 0.329 e. The van der Waals surface area contributed by atoms with Gasteiger partial charge in [-0.1, -0.05) is 35.4 Å². The number of carbonyl (C=O) groups excluding carboxylic acids is 3. The molecule has 26 heavy (non-hydrogen) atoms. The first kappa shape index (κ1) is 15.8. The average molecular weight is 347 g/mol. The van der Waals surface area contributed by atoms with E-state index in [0.717, 1.165) is 5.69 Å². The maximum absolute atomic E-state index is 12.2. The molecule has 0 unspecified atom stereocenters. The van der Waals surface area contributed by atoms with Crippen LogP contribution in [-0.4, -0.2) is 32.6 Å². The lowest BCUT2D eigenvalue weighted by molar-refractivity contribution is -0.167. The van der Waals surface area contributed by atoms with Crippen LogP contribution in [0.5, 0.6) is 0 Å². The lowest BCUT2D eigenvalue weighted by atomic mass is 10.1. The van der Waals surface area contributed by atoms with Crippen molar-refractivity contribution in [3.8, 4) is 5.69 Å². The molecule has 7 heteroatoms. The van der Waals surface area contributed by atoms with E-state index in [1.165, 1.54) is 18.3 Å². The van der Waals surface area contributed by atoms with E-state index in [1.54, 1.807) is 23.0 Å². The molecule has 2 amide bonds. The molecule has 2 aromatic carbocycles. The molecule has 0 atom stereocenters. The van der Waals surface area contributed by atoms with Gasteiger partial charge in [0.15, 0.2) is 0 Å². The van der Waals surface area contributed by atoms with Crippen LogP contribution in [0, 0.1) is 0 Å². The molecular weight excluding hydrogens is 334 g/mol. The Bertz CT molecular complexity index is 975. The second-order valence-electron chi connectivity index (χ2n) is 5.72. The van der Waals surface area contributed by atoms with Crippen molar-refractivity contribution in [1.82, 2.24) is 14.8 Å². The molecule has 1 aliphatic rings. The molecule has 0 N–H and O–H groups in total. The van der Waals surface area contributed by atoms with Crippen LogP contribution in [-0.2, 0) is 16.1 Å². The SMILES string of the molecule is O=C(Cc1cnn(-c2ccccc2)c1)ON1C(=O)c2ccccc2C1=O. The van der Waals surface area contributed by atoms with Crippen LogP contribution in [0.25, 0.3) is 5.69 Å². The maximum Gasteiger partial charge on any atom is 0.337 e. The standard InChI is InChI=1S/C19H13N3O4/c23-17(10-13-11-20-21(12-13)14-6-2-1-3-7-14)26-22-18(24)15-8-4-5-9-16(15)19(22)25/h1-9,11-12H,10H2. The van der Waals surface area contributed by atoms with Crippen molar-refractivity contribution in [1.29, 1.82) is 0 Å². The van der Waals surface area contributed by atoms with Crippen molar-refractivity contribution < 1.29 is 19.2 Å². The summed E-state index contributed by atoms with van der Waals surface area (Å²) in [7, 11) is 0. The van der Waals surface area contributed by atoms with Crippen molar-refractivity contribution in [2.24, 2.45) is 0 Å². The Hall–Kier alpha value is -3.74. The number of hydrogen-bond acceptors (Lipinski definition) is 5. The van der Waals surface area contributed by atoms with Crippen molar-refractivity contribution in [3.05, 3.63) is 83.7 Å². The van der Waals surface area contributed by atoms with Crippen LogP contribution in [0.15, 0.2) is 67.0 Å². The summed E-state index contributed by atoms with van der Waals surface area (Å²) in [6.45, 7) is 0. The lowest BCUT2D eigenvalue weighted by Crippen LogP contribution is -2.33. The first-order valence-corrected chi connectivity index (χ1v) is 7.91. The van der Waals surface area contributed by atoms with Gasteiger partial charge in [-0.05, 0) is 24.3 Å². The molecule has 0 radical (unpaired) electrons. The van der Waals surface area contributed by atoms with Gasteiger partial charge in [0.05, 0.1) is 29.4 Å². The number of amides is 2. The Morgan fingerprint density at radius 3 is 2.19 bits per heavy atom. The third kappa shape index (κ3) is 2.75. The number of carbonyl (C=O) groups is 3. The molecule has 0 aliphatic carbocycles. The quantitative estimate of drug-likeness (QED) is 0.676. The number of para-hydroxylation sites is 1. The summed E-state index contributed by atoms with van der Waals surface area (Å²) in [4.78, 5) is 41.5. The van der Waals surface area contributed by atoms with Crippen LogP contribution < -0.4 is 0 Å². The lowest BCUT2D eigenvalue weighted by Gasteiger charge is -2.12. The number of fused-ring (bicyclic) bond motifs is 1. The molecule has 2 heterocycles. The van der Waals surface area contributed by atoms with Crippen LogP contribution in [0.4, 0.5) is 0 Å². The molecule has 1 aliphatic heterocycles. The summed E-state index contributed by atoms with van der Waals surface area (Å²) < 4.78 is 1.63. The molecule has 128 valence electrons. The summed E-state index contributed by atoms with van der Waals surface area (Å²) in [5, 5.41) is 4.70. The van der Waals surface area contributed by atoms with Gasteiger partial charge in [-0.2, -0.15) is 5.10 Å². The highest BCUT2D eigenvalue weighted by Gasteiger charge is 2.38. The van der Waals surface area contributed by atoms with Crippen molar-refractivity contribution in [3.63, 3.8) is 0 Å². The second kappa shape index (κ2) is 6.29. The summed E-state index contributed by atoms with van der Waals surface area (Å²) in [6, 6.07) is 15.8. The minimum atomic E-state index is -0.716. The zero-order chi connectivity index (χ0) is 18.1. The highest BCUT2D eigenvalue weighted by molar-refractivity contribution is 6.20. The Morgan fingerprint density at radius 2 is 1.54 bits per heavy atom. The van der Waals surface area contributed by atoms with Crippen LogP contribution in [0.3, 0.4) is 0 Å². The molecule has 4 rings (SSSR count). The summed E-state index contributed by atoms with van der Waals surface area (Å²) in [6.07, 6.45) is 3.12. The van der Waals surface area contributed by atoms with E-state index in [0.29, 0.717) is 10.6 Å². The van der Waals surface area contributed by atoms with Crippen LogP contribution >= 0.6 is 0 Å².